The minimum Gasteiger partial charge on any atom is -0.484 e. The number of methoxy groups -OCH3 is 1. The first-order valence-corrected chi connectivity index (χ1v) is 9.58. The molecule has 0 aliphatic carbocycles. The molecule has 0 atom stereocenters. The summed E-state index contributed by atoms with van der Waals surface area (Å²) in [7, 11) is 1.33. The maximum atomic E-state index is 11.8. The topological polar surface area (TPSA) is 99.6 Å². The summed E-state index contributed by atoms with van der Waals surface area (Å²) in [6.07, 6.45) is 2.29. The molecule has 9 heteroatoms. The average molecular weight is 430 g/mol. The first-order chi connectivity index (χ1) is 14.5. The molecule has 1 amide bonds. The quantitative estimate of drug-likeness (QED) is 0.410. The molecule has 156 valence electrons. The van der Waals surface area contributed by atoms with Crippen LogP contribution in [-0.4, -0.2) is 42.1 Å². The van der Waals surface area contributed by atoms with Gasteiger partial charge in [0.15, 0.2) is 6.61 Å². The Hall–Kier alpha value is -3.39. The minimum absolute atomic E-state index is 0.128. The molecule has 0 fully saturated rings. The molecule has 1 heterocycles. The third-order valence-electron chi connectivity index (χ3n) is 4.01. The Labute approximate surface area is 178 Å². The monoisotopic (exact) mass is 429 g/mol. The average Bonchev–Trinajstić information content (AvgIpc) is 2.76. The van der Waals surface area contributed by atoms with Gasteiger partial charge in [0.1, 0.15) is 11.5 Å². The van der Waals surface area contributed by atoms with Crippen molar-refractivity contribution in [1.82, 2.24) is 15.3 Å². The Kier molecular flexibility index (Phi) is 7.40. The molecule has 0 saturated heterocycles. The molecule has 0 radical (unpaired) electrons. The summed E-state index contributed by atoms with van der Waals surface area (Å²) in [5, 5.41) is 3.27. The predicted molar refractivity (Wildman–Crippen MR) is 111 cm³/mol. The van der Waals surface area contributed by atoms with Gasteiger partial charge in [-0.2, -0.15) is 0 Å². The van der Waals surface area contributed by atoms with E-state index in [1.54, 1.807) is 42.5 Å². The summed E-state index contributed by atoms with van der Waals surface area (Å²) < 4.78 is 15.7. The van der Waals surface area contributed by atoms with Crippen molar-refractivity contribution >= 4 is 34.5 Å². The number of nitrogens with one attached hydrogen (secondary N) is 1. The number of halogens is 1. The minimum atomic E-state index is -0.304. The molecule has 1 aromatic heterocycles. The van der Waals surface area contributed by atoms with Crippen molar-refractivity contribution in [3.05, 3.63) is 53.7 Å². The highest BCUT2D eigenvalue weighted by Crippen LogP contribution is 2.24. The van der Waals surface area contributed by atoms with Gasteiger partial charge in [-0.3, -0.25) is 9.59 Å². The fraction of sp³-hybridized carbons (Fsp3) is 0.238. The SMILES string of the molecule is COC(=O)CCCNC(=O)COc1ccc(Oc2cnc3cc(Cl)ccc3n2)cc1. The summed E-state index contributed by atoms with van der Waals surface area (Å²) in [5.41, 5.74) is 1.36. The van der Waals surface area contributed by atoms with Crippen molar-refractivity contribution in [2.75, 3.05) is 20.3 Å². The zero-order valence-corrected chi connectivity index (χ0v) is 17.0. The highest BCUT2D eigenvalue weighted by Gasteiger charge is 2.06. The van der Waals surface area contributed by atoms with Gasteiger partial charge in [0, 0.05) is 18.0 Å². The number of aromatic nitrogens is 2. The lowest BCUT2D eigenvalue weighted by atomic mass is 10.3. The van der Waals surface area contributed by atoms with Crippen molar-refractivity contribution in [1.29, 1.82) is 0 Å². The second kappa shape index (κ2) is 10.4. The second-order valence-corrected chi connectivity index (χ2v) is 6.67. The van der Waals surface area contributed by atoms with E-state index in [1.807, 2.05) is 0 Å². The van der Waals surface area contributed by atoms with Crippen LogP contribution in [0.2, 0.25) is 5.02 Å². The van der Waals surface area contributed by atoms with Gasteiger partial charge < -0.3 is 19.5 Å². The van der Waals surface area contributed by atoms with Crippen LogP contribution in [0, 0.1) is 0 Å². The number of carbonyl (C=O) groups excluding carboxylic acids is 2. The maximum absolute atomic E-state index is 11.8. The fourth-order valence-corrected chi connectivity index (χ4v) is 2.67. The molecule has 0 aliphatic rings. The zero-order chi connectivity index (χ0) is 21.3. The third kappa shape index (κ3) is 6.31. The van der Waals surface area contributed by atoms with Crippen molar-refractivity contribution in [2.24, 2.45) is 0 Å². The first kappa shape index (κ1) is 21.3. The lowest BCUT2D eigenvalue weighted by Gasteiger charge is -2.09. The van der Waals surface area contributed by atoms with Crippen molar-refractivity contribution in [3.8, 4) is 17.4 Å². The molecule has 30 heavy (non-hydrogen) atoms. The van der Waals surface area contributed by atoms with E-state index in [0.29, 0.717) is 46.4 Å². The van der Waals surface area contributed by atoms with E-state index in [2.05, 4.69) is 20.0 Å². The molecule has 1 N–H and O–H groups in total. The van der Waals surface area contributed by atoms with E-state index in [0.717, 1.165) is 0 Å². The molecule has 0 bridgehead atoms. The smallest absolute Gasteiger partial charge is 0.305 e. The largest absolute Gasteiger partial charge is 0.484 e. The number of hydrogen-bond acceptors (Lipinski definition) is 7. The number of nitrogens with zero attached hydrogens (tertiary/aromatic N) is 2. The number of amides is 1. The first-order valence-electron chi connectivity index (χ1n) is 9.20. The predicted octanol–water partition coefficient (Wildman–Crippen LogP) is 3.52. The number of esters is 1. The van der Waals surface area contributed by atoms with E-state index in [-0.39, 0.29) is 24.9 Å². The summed E-state index contributed by atoms with van der Waals surface area (Å²) in [6, 6.07) is 12.0. The fourth-order valence-electron chi connectivity index (χ4n) is 2.50. The Morgan fingerprint density at radius 1 is 1.07 bits per heavy atom. The number of benzene rings is 2. The maximum Gasteiger partial charge on any atom is 0.305 e. The Morgan fingerprint density at radius 2 is 1.83 bits per heavy atom. The highest BCUT2D eigenvalue weighted by atomic mass is 35.5. The lowest BCUT2D eigenvalue weighted by Crippen LogP contribution is -2.30. The molecular weight excluding hydrogens is 410 g/mol. The summed E-state index contributed by atoms with van der Waals surface area (Å²) in [6.45, 7) is 0.250. The lowest BCUT2D eigenvalue weighted by molar-refractivity contribution is -0.140. The Balaban J connectivity index is 1.46. The van der Waals surface area contributed by atoms with Gasteiger partial charge in [-0.05, 0) is 48.9 Å². The van der Waals surface area contributed by atoms with Crippen LogP contribution >= 0.6 is 11.6 Å². The van der Waals surface area contributed by atoms with Crippen molar-refractivity contribution in [2.45, 2.75) is 12.8 Å². The zero-order valence-electron chi connectivity index (χ0n) is 16.3. The third-order valence-corrected chi connectivity index (χ3v) is 4.24. The molecule has 8 nitrogen and oxygen atoms in total. The van der Waals surface area contributed by atoms with E-state index in [4.69, 9.17) is 21.1 Å². The number of rotatable bonds is 9. The summed E-state index contributed by atoms with van der Waals surface area (Å²) in [4.78, 5) is 31.4. The summed E-state index contributed by atoms with van der Waals surface area (Å²) >= 11 is 5.94. The normalized spacial score (nSPS) is 10.5. The molecule has 0 saturated carbocycles. The van der Waals surface area contributed by atoms with Crippen LogP contribution < -0.4 is 14.8 Å². The van der Waals surface area contributed by atoms with Gasteiger partial charge in [-0.15, -0.1) is 0 Å². The van der Waals surface area contributed by atoms with E-state index >= 15 is 0 Å². The van der Waals surface area contributed by atoms with Crippen LogP contribution in [0.4, 0.5) is 0 Å². The molecule has 3 aromatic rings. The van der Waals surface area contributed by atoms with Gasteiger partial charge in [0.25, 0.3) is 5.91 Å². The van der Waals surface area contributed by atoms with Crippen LogP contribution in [0.1, 0.15) is 12.8 Å². The van der Waals surface area contributed by atoms with Gasteiger partial charge in [-0.25, -0.2) is 9.97 Å². The van der Waals surface area contributed by atoms with Crippen LogP contribution in [-0.2, 0) is 14.3 Å². The number of carbonyl (C=O) groups is 2. The van der Waals surface area contributed by atoms with Crippen molar-refractivity contribution < 1.29 is 23.8 Å². The molecular formula is C21H20ClN3O5. The van der Waals surface area contributed by atoms with Gasteiger partial charge in [-0.1, -0.05) is 11.6 Å². The molecule has 2 aromatic carbocycles. The summed E-state index contributed by atoms with van der Waals surface area (Å²) in [5.74, 6) is 0.849. The van der Waals surface area contributed by atoms with Gasteiger partial charge in [0.05, 0.1) is 24.3 Å². The number of fused-ring (bicyclic) bond motifs is 1. The van der Waals surface area contributed by atoms with Crippen LogP contribution in [0.15, 0.2) is 48.7 Å². The van der Waals surface area contributed by atoms with Gasteiger partial charge in [0.2, 0.25) is 5.88 Å². The Morgan fingerprint density at radius 3 is 2.60 bits per heavy atom. The second-order valence-electron chi connectivity index (χ2n) is 6.23. The van der Waals surface area contributed by atoms with E-state index < -0.39 is 0 Å². The Bertz CT molecular complexity index is 1030. The number of ether oxygens (including phenoxy) is 3. The van der Waals surface area contributed by atoms with E-state index in [1.165, 1.54) is 13.3 Å². The van der Waals surface area contributed by atoms with Gasteiger partial charge >= 0.3 is 5.97 Å². The molecule has 0 spiro atoms. The number of hydrogen-bond donors (Lipinski definition) is 1. The molecule has 0 aliphatic heterocycles. The van der Waals surface area contributed by atoms with Crippen LogP contribution in [0.5, 0.6) is 17.4 Å². The van der Waals surface area contributed by atoms with Crippen LogP contribution in [0.25, 0.3) is 11.0 Å². The van der Waals surface area contributed by atoms with Crippen molar-refractivity contribution in [3.63, 3.8) is 0 Å². The van der Waals surface area contributed by atoms with Crippen LogP contribution in [0.3, 0.4) is 0 Å². The molecule has 0 unspecified atom stereocenters. The molecule has 3 rings (SSSR count). The highest BCUT2D eigenvalue weighted by molar-refractivity contribution is 6.31. The van der Waals surface area contributed by atoms with E-state index in [9.17, 15) is 9.59 Å². The standard InChI is InChI=1S/C21H20ClN3O5/c1-28-21(27)3-2-10-23-19(26)13-29-15-5-7-16(8-6-15)30-20-12-24-18-11-14(22)4-9-17(18)25-20/h4-9,11-12H,2-3,10,13H2,1H3,(H,23,26).